The molecule has 0 atom stereocenters. The van der Waals surface area contributed by atoms with Gasteiger partial charge in [-0.25, -0.2) is 4.79 Å². The van der Waals surface area contributed by atoms with Gasteiger partial charge in [0.25, 0.3) is 5.91 Å². The second-order valence-corrected chi connectivity index (χ2v) is 6.88. The molecule has 0 radical (unpaired) electrons. The minimum atomic E-state index is -1.12. The van der Waals surface area contributed by atoms with E-state index in [-0.39, 0.29) is 11.3 Å². The zero-order chi connectivity index (χ0) is 20.0. The van der Waals surface area contributed by atoms with Crippen LogP contribution in [-0.4, -0.2) is 22.2 Å². The molecular formula is C19H18BrN2O4S+. The Morgan fingerprint density at radius 1 is 1.07 bits per heavy atom. The summed E-state index contributed by atoms with van der Waals surface area (Å²) in [5, 5.41) is 23.0. The lowest BCUT2D eigenvalue weighted by Crippen LogP contribution is -2.28. The molecule has 0 aliphatic heterocycles. The first-order valence-electron chi connectivity index (χ1n) is 8.08. The number of halogens is 1. The maximum Gasteiger partial charge on any atom is 0.339 e. The van der Waals surface area contributed by atoms with Gasteiger partial charge in [0.05, 0.1) is 16.1 Å². The third-order valence-corrected chi connectivity index (χ3v) is 4.99. The summed E-state index contributed by atoms with van der Waals surface area (Å²) in [4.78, 5) is 24.6. The van der Waals surface area contributed by atoms with Crippen molar-refractivity contribution in [1.82, 2.24) is 0 Å². The lowest BCUT2D eigenvalue weighted by Gasteiger charge is -2.06. The number of carboxylic acids is 1. The summed E-state index contributed by atoms with van der Waals surface area (Å²) in [7, 11) is 0. The van der Waals surface area contributed by atoms with Gasteiger partial charge in [-0.3, -0.25) is 10.0 Å². The van der Waals surface area contributed by atoms with Crippen molar-refractivity contribution in [3.8, 4) is 10.4 Å². The van der Waals surface area contributed by atoms with E-state index < -0.39 is 11.9 Å². The predicted molar refractivity (Wildman–Crippen MR) is 108 cm³/mol. The quantitative estimate of drug-likeness (QED) is 0.398. The average Bonchev–Trinajstić information content (AvgIpc) is 3.08. The number of carboxylic acid groups (broad SMARTS) is 1. The van der Waals surface area contributed by atoms with E-state index in [4.69, 9.17) is 0 Å². The van der Waals surface area contributed by atoms with E-state index in [9.17, 15) is 19.9 Å². The van der Waals surface area contributed by atoms with Gasteiger partial charge in [0, 0.05) is 26.7 Å². The second kappa shape index (κ2) is 9.29. The molecular weight excluding hydrogens is 432 g/mol. The van der Waals surface area contributed by atoms with Crippen molar-refractivity contribution < 1.29 is 24.6 Å². The molecule has 2 heterocycles. The molecule has 3 rings (SSSR count). The molecule has 140 valence electrons. The van der Waals surface area contributed by atoms with Crippen molar-refractivity contribution in [3.05, 3.63) is 69.8 Å². The number of pyridine rings is 1. The topological polar surface area (TPSA) is 90.5 Å². The van der Waals surface area contributed by atoms with Crippen molar-refractivity contribution in [2.75, 3.05) is 5.32 Å². The third kappa shape index (κ3) is 4.93. The smallest absolute Gasteiger partial charge is 0.339 e. The molecule has 3 aromatic rings. The van der Waals surface area contributed by atoms with E-state index in [1.54, 1.807) is 5.38 Å². The van der Waals surface area contributed by atoms with Crippen LogP contribution in [0.25, 0.3) is 10.4 Å². The van der Waals surface area contributed by atoms with E-state index in [0.717, 1.165) is 14.8 Å². The van der Waals surface area contributed by atoms with Crippen LogP contribution in [0.15, 0.2) is 58.6 Å². The zero-order valence-corrected chi connectivity index (χ0v) is 17.0. The number of anilines is 1. The second-order valence-electron chi connectivity index (χ2n) is 5.09. The number of aromatic carboxylic acids is 1. The molecule has 2 aromatic heterocycles. The molecule has 0 spiro atoms. The monoisotopic (exact) mass is 449 g/mol. The number of thiophene rings is 1. The first-order valence-corrected chi connectivity index (χ1v) is 9.75. The Kier molecular flexibility index (Phi) is 7.09. The van der Waals surface area contributed by atoms with Crippen molar-refractivity contribution in [2.45, 2.75) is 13.8 Å². The van der Waals surface area contributed by atoms with Gasteiger partial charge in [-0.15, -0.1) is 11.3 Å². The van der Waals surface area contributed by atoms with Gasteiger partial charge < -0.3 is 10.4 Å². The van der Waals surface area contributed by atoms with E-state index in [1.165, 1.54) is 35.9 Å². The van der Waals surface area contributed by atoms with Crippen molar-refractivity contribution in [1.29, 1.82) is 0 Å². The molecule has 0 saturated heterocycles. The first kappa shape index (κ1) is 20.6. The minimum absolute atomic E-state index is 0.0498. The van der Waals surface area contributed by atoms with Crippen LogP contribution in [0.5, 0.6) is 0 Å². The van der Waals surface area contributed by atoms with Crippen LogP contribution in [0, 0.1) is 0 Å². The van der Waals surface area contributed by atoms with E-state index in [2.05, 4.69) is 21.2 Å². The Bertz CT molecular complexity index is 937. The lowest BCUT2D eigenvalue weighted by molar-refractivity contribution is -0.904. The minimum Gasteiger partial charge on any atom is -0.478 e. The average molecular weight is 450 g/mol. The Labute approximate surface area is 168 Å². The van der Waals surface area contributed by atoms with Gasteiger partial charge in [0.2, 0.25) is 12.4 Å². The summed E-state index contributed by atoms with van der Waals surface area (Å²) in [6, 6.07) is 10.1. The molecule has 0 saturated carbocycles. The van der Waals surface area contributed by atoms with Crippen LogP contribution < -0.4 is 10.0 Å². The fraction of sp³-hybridized carbons (Fsp3) is 0.105. The number of benzene rings is 1. The Hall–Kier alpha value is -2.71. The van der Waals surface area contributed by atoms with Crippen molar-refractivity contribution in [3.63, 3.8) is 0 Å². The number of hydrogen-bond acceptors (Lipinski definition) is 4. The Morgan fingerprint density at radius 3 is 2.22 bits per heavy atom. The van der Waals surface area contributed by atoms with Crippen LogP contribution >= 0.6 is 27.3 Å². The molecule has 8 heteroatoms. The van der Waals surface area contributed by atoms with E-state index in [0.29, 0.717) is 10.4 Å². The molecule has 6 nitrogen and oxygen atoms in total. The number of carbonyl (C=O) groups is 2. The van der Waals surface area contributed by atoms with Gasteiger partial charge in [-0.1, -0.05) is 41.9 Å². The van der Waals surface area contributed by atoms with Crippen LogP contribution in [0.1, 0.15) is 34.6 Å². The highest BCUT2D eigenvalue weighted by molar-refractivity contribution is 9.10. The number of nitrogens with zero attached hydrogens (tertiary/aromatic N) is 1. The van der Waals surface area contributed by atoms with Crippen molar-refractivity contribution >= 4 is 44.8 Å². The molecule has 27 heavy (non-hydrogen) atoms. The normalized spacial score (nSPS) is 9.89. The highest BCUT2D eigenvalue weighted by Crippen LogP contribution is 2.36. The molecule has 0 aliphatic rings. The number of rotatable bonds is 4. The number of carbonyl (C=O) groups excluding carboxylic acids is 1. The summed E-state index contributed by atoms with van der Waals surface area (Å²) in [6.45, 7) is 4.00. The molecule has 0 aliphatic carbocycles. The summed E-state index contributed by atoms with van der Waals surface area (Å²) in [5.41, 5.74) is 1.35. The van der Waals surface area contributed by atoms with Crippen LogP contribution in [0.3, 0.4) is 0 Å². The van der Waals surface area contributed by atoms with Gasteiger partial charge in [0.15, 0.2) is 0 Å². The van der Waals surface area contributed by atoms with Crippen LogP contribution in [0.4, 0.5) is 5.69 Å². The van der Waals surface area contributed by atoms with Gasteiger partial charge in [0.1, 0.15) is 5.56 Å². The maximum absolute atomic E-state index is 12.3. The van der Waals surface area contributed by atoms with Crippen LogP contribution in [0.2, 0.25) is 0 Å². The van der Waals surface area contributed by atoms with Gasteiger partial charge in [-0.2, -0.15) is 0 Å². The largest absolute Gasteiger partial charge is 0.478 e. The van der Waals surface area contributed by atoms with E-state index in [1.807, 2.05) is 38.1 Å². The Balaban J connectivity index is 0.00000126. The van der Waals surface area contributed by atoms with Crippen molar-refractivity contribution in [2.24, 2.45) is 0 Å². The van der Waals surface area contributed by atoms with E-state index >= 15 is 0 Å². The van der Waals surface area contributed by atoms with Gasteiger partial charge >= 0.3 is 5.97 Å². The molecule has 1 amide bonds. The summed E-state index contributed by atoms with van der Waals surface area (Å²) >= 11 is 4.59. The molecule has 3 N–H and O–H groups in total. The maximum atomic E-state index is 12.3. The molecule has 0 fully saturated rings. The van der Waals surface area contributed by atoms with Crippen LogP contribution in [-0.2, 0) is 0 Å². The predicted octanol–water partition coefficient (Wildman–Crippen LogP) is 4.68. The number of aromatic nitrogens is 1. The number of nitrogens with one attached hydrogen (secondary N) is 1. The summed E-state index contributed by atoms with van der Waals surface area (Å²) in [5.74, 6) is -1.57. The standard InChI is InChI=1S/C17H11BrN2O4S.C2H6/c18-12-3-1-10(2-4-12)15-14(17(22)23)13(9-25-15)19-16(21)11-5-7-20(24)8-6-11;1-2/h1-9H,(H2-,19,21,22,23,24);1-2H3/p+1. The molecule has 0 bridgehead atoms. The molecule has 1 aromatic carbocycles. The lowest BCUT2D eigenvalue weighted by atomic mass is 10.1. The highest BCUT2D eigenvalue weighted by atomic mass is 79.9. The SMILES string of the molecule is CC.O=C(Nc1csc(-c2ccc(Br)cc2)c1C(=O)O)c1cc[n+](O)cc1. The molecule has 0 unspecified atom stereocenters. The fourth-order valence-corrected chi connectivity index (χ4v) is 3.50. The number of hydrogen-bond donors (Lipinski definition) is 3. The third-order valence-electron chi connectivity index (χ3n) is 3.44. The summed E-state index contributed by atoms with van der Waals surface area (Å²) < 4.78 is 1.71. The van der Waals surface area contributed by atoms with Gasteiger partial charge in [-0.05, 0) is 17.7 Å². The summed E-state index contributed by atoms with van der Waals surface area (Å²) in [6.07, 6.45) is 2.63. The Morgan fingerprint density at radius 2 is 1.67 bits per heavy atom. The first-order chi connectivity index (χ1) is 13.0. The fourth-order valence-electron chi connectivity index (χ4n) is 2.24. The zero-order valence-electron chi connectivity index (χ0n) is 14.6. The number of amides is 1. The highest BCUT2D eigenvalue weighted by Gasteiger charge is 2.21.